The summed E-state index contributed by atoms with van der Waals surface area (Å²) in [6.45, 7) is 6.11. The monoisotopic (exact) mass is 494 g/mol. The fourth-order valence-electron chi connectivity index (χ4n) is 4.96. The molecule has 0 radical (unpaired) electrons. The number of methoxy groups -OCH3 is 1. The second-order valence-corrected chi connectivity index (χ2v) is 10.1. The maximum absolute atomic E-state index is 13.2. The van der Waals surface area contributed by atoms with Gasteiger partial charge in [0.25, 0.3) is 0 Å². The molecule has 8 nitrogen and oxygen atoms in total. The molecule has 0 spiro atoms. The van der Waals surface area contributed by atoms with Crippen LogP contribution in [0.1, 0.15) is 50.6 Å². The standard InChI is InChI=1S/C27H31FN4O4/c1-27(2)15-22(21-14-20(34-3)8-9-23(21)35-27)29-26(33)18-10-12-32(13-11-18)16-24-30-25(31-36-24)17-4-6-19(28)7-5-17/h4-9,14,18,22H,10-13,15-16H2,1-3H3,(H,29,33). The van der Waals surface area contributed by atoms with E-state index in [1.54, 1.807) is 19.2 Å². The number of rotatable bonds is 6. The number of benzene rings is 2. The van der Waals surface area contributed by atoms with Gasteiger partial charge in [0.15, 0.2) is 0 Å². The van der Waals surface area contributed by atoms with Crippen molar-refractivity contribution in [3.05, 3.63) is 59.7 Å². The Bertz CT molecular complexity index is 1220. The van der Waals surface area contributed by atoms with E-state index in [2.05, 4.69) is 20.4 Å². The molecule has 1 amide bonds. The topological polar surface area (TPSA) is 89.7 Å². The van der Waals surface area contributed by atoms with Gasteiger partial charge in [-0.2, -0.15) is 4.98 Å². The number of aromatic nitrogens is 2. The first-order valence-corrected chi connectivity index (χ1v) is 12.3. The van der Waals surface area contributed by atoms with Crippen molar-refractivity contribution < 1.29 is 23.2 Å². The lowest BCUT2D eigenvalue weighted by molar-refractivity contribution is -0.127. The van der Waals surface area contributed by atoms with Gasteiger partial charge in [-0.1, -0.05) is 5.16 Å². The molecule has 9 heteroatoms. The molecule has 2 aliphatic rings. The number of piperidine rings is 1. The molecule has 1 atom stereocenters. The summed E-state index contributed by atoms with van der Waals surface area (Å²) >= 11 is 0. The lowest BCUT2D eigenvalue weighted by atomic mass is 9.88. The summed E-state index contributed by atoms with van der Waals surface area (Å²) in [7, 11) is 1.63. The summed E-state index contributed by atoms with van der Waals surface area (Å²) in [6, 6.07) is 11.6. The largest absolute Gasteiger partial charge is 0.497 e. The van der Waals surface area contributed by atoms with Gasteiger partial charge in [-0.05, 0) is 82.2 Å². The number of nitrogens with zero attached hydrogens (tertiary/aromatic N) is 3. The van der Waals surface area contributed by atoms with Crippen LogP contribution >= 0.6 is 0 Å². The third-order valence-corrected chi connectivity index (χ3v) is 6.88. The summed E-state index contributed by atoms with van der Waals surface area (Å²) in [6.07, 6.45) is 2.19. The Kier molecular flexibility index (Phi) is 6.66. The van der Waals surface area contributed by atoms with Crippen LogP contribution in [0, 0.1) is 11.7 Å². The third kappa shape index (κ3) is 5.36. The van der Waals surface area contributed by atoms with Crippen molar-refractivity contribution >= 4 is 5.91 Å². The van der Waals surface area contributed by atoms with E-state index < -0.39 is 0 Å². The number of likely N-dealkylation sites (tertiary alicyclic amines) is 1. The molecule has 1 unspecified atom stereocenters. The van der Waals surface area contributed by atoms with E-state index in [4.69, 9.17) is 14.0 Å². The average molecular weight is 495 g/mol. The predicted molar refractivity (Wildman–Crippen MR) is 131 cm³/mol. The molecule has 3 heterocycles. The first-order chi connectivity index (χ1) is 17.3. The molecular weight excluding hydrogens is 463 g/mol. The number of amides is 1. The third-order valence-electron chi connectivity index (χ3n) is 6.88. The van der Waals surface area contributed by atoms with Gasteiger partial charge in [-0.25, -0.2) is 4.39 Å². The highest BCUT2D eigenvalue weighted by molar-refractivity contribution is 5.79. The Morgan fingerprint density at radius 3 is 2.67 bits per heavy atom. The molecule has 5 rings (SSSR count). The minimum absolute atomic E-state index is 0.0567. The van der Waals surface area contributed by atoms with Crippen LogP contribution < -0.4 is 14.8 Å². The average Bonchev–Trinajstić information content (AvgIpc) is 3.32. The maximum atomic E-state index is 13.2. The van der Waals surface area contributed by atoms with Crippen LogP contribution in [0.15, 0.2) is 47.0 Å². The second-order valence-electron chi connectivity index (χ2n) is 10.1. The van der Waals surface area contributed by atoms with Gasteiger partial charge in [0.1, 0.15) is 22.9 Å². The highest BCUT2D eigenvalue weighted by Crippen LogP contribution is 2.41. The number of nitrogens with one attached hydrogen (secondary N) is 1. The smallest absolute Gasteiger partial charge is 0.241 e. The predicted octanol–water partition coefficient (Wildman–Crippen LogP) is 4.51. The van der Waals surface area contributed by atoms with Gasteiger partial charge in [0.2, 0.25) is 17.6 Å². The zero-order chi connectivity index (χ0) is 25.3. The number of halogens is 1. The van der Waals surface area contributed by atoms with E-state index in [1.165, 1.54) is 12.1 Å². The Morgan fingerprint density at radius 1 is 1.19 bits per heavy atom. The van der Waals surface area contributed by atoms with E-state index >= 15 is 0 Å². The van der Waals surface area contributed by atoms with Crippen LogP contribution in [0.25, 0.3) is 11.4 Å². The Morgan fingerprint density at radius 2 is 1.94 bits per heavy atom. The van der Waals surface area contributed by atoms with Crippen LogP contribution in [-0.4, -0.2) is 46.7 Å². The Balaban J connectivity index is 1.17. The van der Waals surface area contributed by atoms with E-state index in [0.29, 0.717) is 30.2 Å². The van der Waals surface area contributed by atoms with Crippen LogP contribution in [0.3, 0.4) is 0 Å². The van der Waals surface area contributed by atoms with Crippen molar-refractivity contribution in [1.82, 2.24) is 20.4 Å². The molecule has 1 fully saturated rings. The van der Waals surface area contributed by atoms with Gasteiger partial charge in [0, 0.05) is 23.5 Å². The van der Waals surface area contributed by atoms with Crippen LogP contribution in [-0.2, 0) is 11.3 Å². The molecule has 1 saturated heterocycles. The van der Waals surface area contributed by atoms with Gasteiger partial charge in [-0.15, -0.1) is 0 Å². The molecule has 0 saturated carbocycles. The van der Waals surface area contributed by atoms with Crippen LogP contribution in [0.2, 0.25) is 0 Å². The summed E-state index contributed by atoms with van der Waals surface area (Å²) in [4.78, 5) is 19.9. The number of carbonyl (C=O) groups is 1. The zero-order valence-corrected chi connectivity index (χ0v) is 20.8. The summed E-state index contributed by atoms with van der Waals surface area (Å²) in [5, 5.41) is 7.29. The SMILES string of the molecule is COc1ccc2c(c1)C(NC(=O)C1CCN(Cc3nc(-c4ccc(F)cc4)no3)CC1)CC(C)(C)O2. The number of hydrogen-bond acceptors (Lipinski definition) is 7. The number of fused-ring (bicyclic) bond motifs is 1. The number of hydrogen-bond donors (Lipinski definition) is 1. The lowest BCUT2D eigenvalue weighted by Crippen LogP contribution is -2.45. The zero-order valence-electron chi connectivity index (χ0n) is 20.8. The van der Waals surface area contributed by atoms with Crippen molar-refractivity contribution in [2.75, 3.05) is 20.2 Å². The van der Waals surface area contributed by atoms with Crippen LogP contribution in [0.5, 0.6) is 11.5 Å². The molecule has 3 aromatic rings. The van der Waals surface area contributed by atoms with Gasteiger partial charge in [-0.3, -0.25) is 9.69 Å². The molecule has 0 aliphatic carbocycles. The molecule has 2 aliphatic heterocycles. The normalized spacial score (nSPS) is 19.8. The summed E-state index contributed by atoms with van der Waals surface area (Å²) < 4.78 is 30.1. The minimum Gasteiger partial charge on any atom is -0.497 e. The van der Waals surface area contributed by atoms with Crippen molar-refractivity contribution in [1.29, 1.82) is 0 Å². The molecule has 36 heavy (non-hydrogen) atoms. The fraction of sp³-hybridized carbons (Fsp3) is 0.444. The maximum Gasteiger partial charge on any atom is 0.241 e. The summed E-state index contributed by atoms with van der Waals surface area (Å²) in [5.74, 6) is 2.18. The van der Waals surface area contributed by atoms with Crippen molar-refractivity contribution in [2.24, 2.45) is 5.92 Å². The van der Waals surface area contributed by atoms with Gasteiger partial charge < -0.3 is 19.3 Å². The molecule has 2 aromatic carbocycles. The van der Waals surface area contributed by atoms with E-state index in [0.717, 1.165) is 43.0 Å². The Hall–Kier alpha value is -3.46. The van der Waals surface area contributed by atoms with Crippen LogP contribution in [0.4, 0.5) is 4.39 Å². The van der Waals surface area contributed by atoms with E-state index in [9.17, 15) is 9.18 Å². The van der Waals surface area contributed by atoms with E-state index in [1.807, 2.05) is 32.0 Å². The number of ether oxygens (including phenoxy) is 2. The minimum atomic E-state index is -0.375. The first-order valence-electron chi connectivity index (χ1n) is 12.3. The highest BCUT2D eigenvalue weighted by atomic mass is 19.1. The Labute approximate surface area is 209 Å². The van der Waals surface area contributed by atoms with Gasteiger partial charge in [0.05, 0.1) is 19.7 Å². The number of carbonyl (C=O) groups excluding carboxylic acids is 1. The molecule has 1 aromatic heterocycles. The quantitative estimate of drug-likeness (QED) is 0.539. The second kappa shape index (κ2) is 9.89. The summed E-state index contributed by atoms with van der Waals surface area (Å²) in [5.41, 5.74) is 1.28. The highest BCUT2D eigenvalue weighted by Gasteiger charge is 2.36. The van der Waals surface area contributed by atoms with Crippen molar-refractivity contribution in [2.45, 2.75) is 51.3 Å². The van der Waals surface area contributed by atoms with Gasteiger partial charge >= 0.3 is 0 Å². The molecule has 0 bridgehead atoms. The fourth-order valence-corrected chi connectivity index (χ4v) is 4.96. The molecular formula is C27H31FN4O4. The van der Waals surface area contributed by atoms with Crippen molar-refractivity contribution in [3.63, 3.8) is 0 Å². The van der Waals surface area contributed by atoms with Crippen molar-refractivity contribution in [3.8, 4) is 22.9 Å². The van der Waals surface area contributed by atoms with E-state index in [-0.39, 0.29) is 29.3 Å². The first kappa shape index (κ1) is 24.2. The molecule has 1 N–H and O–H groups in total. The lowest BCUT2D eigenvalue weighted by Gasteiger charge is -2.39. The molecule has 190 valence electrons.